The van der Waals surface area contributed by atoms with Gasteiger partial charge in [0.1, 0.15) is 17.3 Å². The highest BCUT2D eigenvalue weighted by Gasteiger charge is 2.55. The first-order chi connectivity index (χ1) is 17.0. The van der Waals surface area contributed by atoms with Crippen molar-refractivity contribution in [3.8, 4) is 5.69 Å². The van der Waals surface area contributed by atoms with Crippen molar-refractivity contribution in [3.63, 3.8) is 0 Å². The molecule has 5 nitrogen and oxygen atoms in total. The van der Waals surface area contributed by atoms with Crippen molar-refractivity contribution in [1.29, 1.82) is 0 Å². The Balaban J connectivity index is 1.24. The normalized spacial score (nSPS) is 19.5. The molecule has 2 aromatic carbocycles. The molecule has 0 amide bonds. The minimum absolute atomic E-state index is 0.0103. The fourth-order valence-corrected chi connectivity index (χ4v) is 6.19. The Morgan fingerprint density at radius 2 is 1.81 bits per heavy atom. The molecule has 3 heterocycles. The van der Waals surface area contributed by atoms with E-state index in [0.29, 0.717) is 40.9 Å². The number of halogens is 6. The van der Waals surface area contributed by atoms with Crippen molar-refractivity contribution >= 4 is 17.3 Å². The summed E-state index contributed by atoms with van der Waals surface area (Å²) in [7, 11) is 0. The Morgan fingerprint density at radius 3 is 2.53 bits per heavy atom. The van der Waals surface area contributed by atoms with Gasteiger partial charge < -0.3 is 4.90 Å². The monoisotopic (exact) mass is 523 g/mol. The number of aryl methyl sites for hydroxylation is 1. The maximum absolute atomic E-state index is 14.6. The molecule has 3 aliphatic rings. The zero-order valence-electron chi connectivity index (χ0n) is 19.4. The number of hydrogen-bond acceptors (Lipinski definition) is 4. The molecule has 1 aliphatic carbocycles. The van der Waals surface area contributed by atoms with E-state index in [-0.39, 0.29) is 30.1 Å². The molecule has 190 valence electrons. The van der Waals surface area contributed by atoms with E-state index in [9.17, 15) is 22.0 Å². The van der Waals surface area contributed by atoms with E-state index >= 15 is 0 Å². The maximum atomic E-state index is 14.6. The number of anilines is 1. The van der Waals surface area contributed by atoms with E-state index < -0.39 is 24.4 Å². The molecule has 3 aromatic rings. The van der Waals surface area contributed by atoms with E-state index in [1.165, 1.54) is 17.0 Å². The molecule has 0 N–H and O–H groups in total. The summed E-state index contributed by atoms with van der Waals surface area (Å²) in [6, 6.07) is 7.93. The Bertz CT molecular complexity index is 1340. The van der Waals surface area contributed by atoms with Gasteiger partial charge in [0.25, 0.3) is 0 Å². The topological polar surface area (TPSA) is 37.2 Å². The summed E-state index contributed by atoms with van der Waals surface area (Å²) in [5.41, 5.74) is 1.79. The van der Waals surface area contributed by atoms with Crippen molar-refractivity contribution in [2.75, 3.05) is 24.5 Å². The standard InChI is InChI=1S/C25H23ClF5N5/c1-14-2-4-18(27)22(21(14)28)35-11-24(12-35)7-16(8-24)23-33-32-20-10-34(13-25(29,30)31)9-15-6-17(26)3-5-19(15)36(20)23/h2-6,16H,7-13H2,1H3. The minimum atomic E-state index is -4.34. The van der Waals surface area contributed by atoms with Crippen LogP contribution in [-0.2, 0) is 13.1 Å². The number of alkyl halides is 3. The molecule has 0 atom stereocenters. The summed E-state index contributed by atoms with van der Waals surface area (Å²) in [5, 5.41) is 9.11. The molecule has 1 saturated carbocycles. The first kappa shape index (κ1) is 23.7. The van der Waals surface area contributed by atoms with Crippen LogP contribution in [-0.4, -0.2) is 45.5 Å². The minimum Gasteiger partial charge on any atom is -0.366 e. The fourth-order valence-electron chi connectivity index (χ4n) is 6.00. The zero-order valence-corrected chi connectivity index (χ0v) is 20.2. The van der Waals surface area contributed by atoms with Crippen LogP contribution in [0.25, 0.3) is 5.69 Å². The predicted octanol–water partition coefficient (Wildman–Crippen LogP) is 5.77. The summed E-state index contributed by atoms with van der Waals surface area (Å²) in [6.45, 7) is 1.76. The van der Waals surface area contributed by atoms with Crippen LogP contribution in [0.4, 0.5) is 27.6 Å². The summed E-state index contributed by atoms with van der Waals surface area (Å²) >= 11 is 6.17. The van der Waals surface area contributed by atoms with Crippen LogP contribution in [0.3, 0.4) is 0 Å². The van der Waals surface area contributed by atoms with Crippen LogP contribution in [0.15, 0.2) is 30.3 Å². The Morgan fingerprint density at radius 1 is 1.06 bits per heavy atom. The van der Waals surface area contributed by atoms with Gasteiger partial charge >= 0.3 is 6.18 Å². The fraction of sp³-hybridized carbons (Fsp3) is 0.440. The van der Waals surface area contributed by atoms with E-state index in [1.54, 1.807) is 30.0 Å². The molecule has 6 rings (SSSR count). The number of rotatable bonds is 3. The molecule has 0 unspecified atom stereocenters. The van der Waals surface area contributed by atoms with Crippen molar-refractivity contribution in [3.05, 3.63) is 69.8 Å². The SMILES string of the molecule is Cc1ccc(F)c(N2CC3(CC(c4nnc5n4-c4ccc(Cl)cc4CN(CC(F)(F)F)C5)C3)C2)c1F. The molecule has 11 heteroatoms. The van der Waals surface area contributed by atoms with Gasteiger partial charge in [-0.15, -0.1) is 10.2 Å². The van der Waals surface area contributed by atoms with Gasteiger partial charge in [-0.3, -0.25) is 9.47 Å². The van der Waals surface area contributed by atoms with E-state index in [1.807, 2.05) is 4.57 Å². The van der Waals surface area contributed by atoms with Crippen LogP contribution in [0.1, 0.15) is 41.5 Å². The lowest BCUT2D eigenvalue weighted by molar-refractivity contribution is -0.148. The van der Waals surface area contributed by atoms with Crippen LogP contribution >= 0.6 is 11.6 Å². The highest BCUT2D eigenvalue weighted by atomic mass is 35.5. The Labute approximate surface area is 209 Å². The van der Waals surface area contributed by atoms with Crippen molar-refractivity contribution in [2.24, 2.45) is 5.41 Å². The van der Waals surface area contributed by atoms with Crippen LogP contribution < -0.4 is 4.90 Å². The van der Waals surface area contributed by atoms with Crippen LogP contribution in [0.2, 0.25) is 5.02 Å². The Hall–Kier alpha value is -2.72. The van der Waals surface area contributed by atoms with Gasteiger partial charge in [0.2, 0.25) is 0 Å². The summed E-state index contributed by atoms with van der Waals surface area (Å²) in [4.78, 5) is 3.04. The van der Waals surface area contributed by atoms with E-state index in [4.69, 9.17) is 11.6 Å². The number of aromatic nitrogens is 3. The quantitative estimate of drug-likeness (QED) is 0.409. The van der Waals surface area contributed by atoms with Gasteiger partial charge in [-0.05, 0) is 55.2 Å². The third-order valence-corrected chi connectivity index (χ3v) is 7.79. The van der Waals surface area contributed by atoms with Gasteiger partial charge in [-0.1, -0.05) is 17.7 Å². The maximum Gasteiger partial charge on any atom is 0.401 e. The summed E-state index contributed by atoms with van der Waals surface area (Å²) in [6.07, 6.45) is -2.80. The van der Waals surface area contributed by atoms with Crippen molar-refractivity contribution in [1.82, 2.24) is 19.7 Å². The molecule has 1 spiro atoms. The van der Waals surface area contributed by atoms with Crippen LogP contribution in [0, 0.1) is 24.0 Å². The van der Waals surface area contributed by atoms with Gasteiger partial charge in [0, 0.05) is 36.0 Å². The summed E-state index contributed by atoms with van der Waals surface area (Å²) < 4.78 is 70.3. The molecule has 36 heavy (non-hydrogen) atoms. The van der Waals surface area contributed by atoms with Crippen molar-refractivity contribution in [2.45, 2.75) is 44.9 Å². The zero-order chi connectivity index (χ0) is 25.4. The van der Waals surface area contributed by atoms with Gasteiger partial charge in [-0.25, -0.2) is 8.78 Å². The molecule has 2 aliphatic heterocycles. The lowest BCUT2D eigenvalue weighted by Gasteiger charge is -2.59. The lowest BCUT2D eigenvalue weighted by atomic mass is 9.57. The van der Waals surface area contributed by atoms with Gasteiger partial charge in [0.05, 0.1) is 18.8 Å². The second-order valence-electron chi connectivity index (χ2n) is 10.3. The number of hydrogen-bond donors (Lipinski definition) is 0. The molecule has 0 bridgehead atoms. The lowest BCUT2D eigenvalue weighted by Crippen LogP contribution is -2.62. The van der Waals surface area contributed by atoms with Gasteiger partial charge in [-0.2, -0.15) is 13.2 Å². The first-order valence-electron chi connectivity index (χ1n) is 11.7. The third kappa shape index (κ3) is 3.94. The molecule has 1 aromatic heterocycles. The second kappa shape index (κ2) is 8.14. The summed E-state index contributed by atoms with van der Waals surface area (Å²) in [5.74, 6) is 0.126. The highest BCUT2D eigenvalue weighted by molar-refractivity contribution is 6.30. The molecule has 0 radical (unpaired) electrons. The van der Waals surface area contributed by atoms with E-state index in [2.05, 4.69) is 10.2 Å². The smallest absolute Gasteiger partial charge is 0.366 e. The number of nitrogens with zero attached hydrogens (tertiary/aromatic N) is 5. The number of benzene rings is 2. The number of fused-ring (bicyclic) bond motifs is 3. The highest BCUT2D eigenvalue weighted by Crippen LogP contribution is 2.57. The second-order valence-corrected chi connectivity index (χ2v) is 10.8. The molecule has 2 fully saturated rings. The molecular formula is C25H23ClF5N5. The predicted molar refractivity (Wildman–Crippen MR) is 124 cm³/mol. The average molecular weight is 524 g/mol. The van der Waals surface area contributed by atoms with Crippen molar-refractivity contribution < 1.29 is 22.0 Å². The molecular weight excluding hydrogens is 501 g/mol. The first-order valence-corrected chi connectivity index (χ1v) is 12.1. The van der Waals surface area contributed by atoms with Crippen LogP contribution in [0.5, 0.6) is 0 Å². The molecule has 1 saturated heterocycles. The third-order valence-electron chi connectivity index (χ3n) is 7.55. The van der Waals surface area contributed by atoms with Gasteiger partial charge in [0.15, 0.2) is 11.6 Å². The largest absolute Gasteiger partial charge is 0.401 e. The average Bonchev–Trinajstić information content (AvgIpc) is 3.06. The Kier molecular flexibility index (Phi) is 5.35. The van der Waals surface area contributed by atoms with E-state index in [0.717, 1.165) is 18.5 Å².